The van der Waals surface area contributed by atoms with Gasteiger partial charge >= 0.3 is 18.0 Å². The zero-order valence-corrected chi connectivity index (χ0v) is 12.5. The summed E-state index contributed by atoms with van der Waals surface area (Å²) < 4.78 is 9.73. The minimum absolute atomic E-state index is 0.0834. The Labute approximate surface area is 123 Å². The SMILES string of the molecule is CCCN(C(=O)NC(C)C(=O)OC)C1COCC1C(=O)O. The van der Waals surface area contributed by atoms with E-state index in [-0.39, 0.29) is 13.2 Å². The molecule has 0 spiro atoms. The van der Waals surface area contributed by atoms with Gasteiger partial charge in [0.2, 0.25) is 0 Å². The van der Waals surface area contributed by atoms with E-state index in [1.54, 1.807) is 0 Å². The summed E-state index contributed by atoms with van der Waals surface area (Å²) in [5.74, 6) is -2.31. The van der Waals surface area contributed by atoms with Crippen LogP contribution in [0, 0.1) is 5.92 Å². The van der Waals surface area contributed by atoms with Crippen molar-refractivity contribution >= 4 is 18.0 Å². The van der Waals surface area contributed by atoms with E-state index < -0.39 is 36.0 Å². The maximum Gasteiger partial charge on any atom is 0.328 e. The highest BCUT2D eigenvalue weighted by Crippen LogP contribution is 2.20. The molecular formula is C13H22N2O6. The Morgan fingerprint density at radius 3 is 2.62 bits per heavy atom. The molecule has 1 heterocycles. The van der Waals surface area contributed by atoms with E-state index in [4.69, 9.17) is 4.74 Å². The van der Waals surface area contributed by atoms with Gasteiger partial charge in [-0.05, 0) is 13.3 Å². The molecular weight excluding hydrogens is 280 g/mol. The van der Waals surface area contributed by atoms with Gasteiger partial charge in [-0.15, -0.1) is 0 Å². The molecule has 0 saturated carbocycles. The van der Waals surface area contributed by atoms with Crippen LogP contribution in [0.3, 0.4) is 0 Å². The molecule has 3 unspecified atom stereocenters. The van der Waals surface area contributed by atoms with Crippen molar-refractivity contribution in [3.63, 3.8) is 0 Å². The number of amides is 2. The number of carbonyl (C=O) groups is 3. The predicted molar refractivity (Wildman–Crippen MR) is 72.7 cm³/mol. The molecule has 1 rings (SSSR count). The fourth-order valence-electron chi connectivity index (χ4n) is 2.25. The number of hydrogen-bond acceptors (Lipinski definition) is 5. The van der Waals surface area contributed by atoms with Gasteiger partial charge < -0.3 is 24.8 Å². The first-order valence-corrected chi connectivity index (χ1v) is 6.87. The molecule has 1 fully saturated rings. The van der Waals surface area contributed by atoms with Crippen LogP contribution >= 0.6 is 0 Å². The average molecular weight is 302 g/mol. The summed E-state index contributed by atoms with van der Waals surface area (Å²) in [6, 6.07) is -1.82. The molecule has 8 heteroatoms. The minimum atomic E-state index is -0.993. The van der Waals surface area contributed by atoms with Crippen LogP contribution in [0.15, 0.2) is 0 Å². The van der Waals surface area contributed by atoms with E-state index in [2.05, 4.69) is 10.1 Å². The molecule has 2 amide bonds. The Kier molecular flexibility index (Phi) is 6.41. The molecule has 120 valence electrons. The van der Waals surface area contributed by atoms with Crippen LogP contribution < -0.4 is 5.32 Å². The highest BCUT2D eigenvalue weighted by Gasteiger charge is 2.40. The summed E-state index contributed by atoms with van der Waals surface area (Å²) in [6.45, 7) is 4.04. The highest BCUT2D eigenvalue weighted by molar-refractivity contribution is 5.84. The topological polar surface area (TPSA) is 105 Å². The Balaban J connectivity index is 2.78. The van der Waals surface area contributed by atoms with Gasteiger partial charge in [-0.3, -0.25) is 4.79 Å². The van der Waals surface area contributed by atoms with Gasteiger partial charge in [-0.1, -0.05) is 6.92 Å². The van der Waals surface area contributed by atoms with E-state index in [9.17, 15) is 19.5 Å². The quantitative estimate of drug-likeness (QED) is 0.673. The number of rotatable bonds is 6. The first-order valence-electron chi connectivity index (χ1n) is 6.87. The standard InChI is InChI=1S/C13H22N2O6/c1-4-5-15(10-7-21-6-9(10)11(16)17)13(19)14-8(2)12(18)20-3/h8-10H,4-7H2,1-3H3,(H,14,19)(H,16,17). The number of carbonyl (C=O) groups excluding carboxylic acids is 2. The van der Waals surface area contributed by atoms with Crippen molar-refractivity contribution in [1.82, 2.24) is 10.2 Å². The molecule has 0 aromatic heterocycles. The number of hydrogen-bond donors (Lipinski definition) is 2. The fraction of sp³-hybridized carbons (Fsp3) is 0.769. The lowest BCUT2D eigenvalue weighted by atomic mass is 10.0. The molecule has 2 N–H and O–H groups in total. The second-order valence-electron chi connectivity index (χ2n) is 4.94. The zero-order valence-electron chi connectivity index (χ0n) is 12.5. The van der Waals surface area contributed by atoms with E-state index in [1.165, 1.54) is 18.9 Å². The van der Waals surface area contributed by atoms with Gasteiger partial charge in [0.15, 0.2) is 0 Å². The maximum absolute atomic E-state index is 12.3. The minimum Gasteiger partial charge on any atom is -0.481 e. The van der Waals surface area contributed by atoms with Crippen LogP contribution in [0.4, 0.5) is 4.79 Å². The van der Waals surface area contributed by atoms with Crippen LogP contribution in [-0.4, -0.2) is 66.9 Å². The number of ether oxygens (including phenoxy) is 2. The van der Waals surface area contributed by atoms with Gasteiger partial charge in [-0.25, -0.2) is 9.59 Å². The molecule has 0 bridgehead atoms. The van der Waals surface area contributed by atoms with Crippen molar-refractivity contribution in [2.75, 3.05) is 26.9 Å². The number of aliphatic carboxylic acids is 1. The highest BCUT2D eigenvalue weighted by atomic mass is 16.5. The summed E-state index contributed by atoms with van der Waals surface area (Å²) >= 11 is 0. The lowest BCUT2D eigenvalue weighted by Crippen LogP contribution is -2.53. The number of esters is 1. The number of methoxy groups -OCH3 is 1. The van der Waals surface area contributed by atoms with Crippen molar-refractivity contribution in [3.8, 4) is 0 Å². The van der Waals surface area contributed by atoms with Crippen molar-refractivity contribution < 1.29 is 29.0 Å². The second-order valence-corrected chi connectivity index (χ2v) is 4.94. The monoisotopic (exact) mass is 302 g/mol. The number of nitrogens with zero attached hydrogens (tertiary/aromatic N) is 1. The first kappa shape index (κ1) is 17.2. The Bertz CT molecular complexity index is 400. The van der Waals surface area contributed by atoms with E-state index in [0.717, 1.165) is 0 Å². The summed E-state index contributed by atoms with van der Waals surface area (Å²) in [7, 11) is 1.24. The van der Waals surface area contributed by atoms with E-state index in [1.807, 2.05) is 6.92 Å². The molecule has 0 aromatic rings. The maximum atomic E-state index is 12.3. The third-order valence-corrected chi connectivity index (χ3v) is 3.39. The van der Waals surface area contributed by atoms with Crippen LogP contribution in [-0.2, 0) is 19.1 Å². The Morgan fingerprint density at radius 2 is 2.10 bits per heavy atom. The lowest BCUT2D eigenvalue weighted by molar-refractivity contribution is -0.144. The van der Waals surface area contributed by atoms with Gasteiger partial charge in [0.05, 0.1) is 26.4 Å². The van der Waals surface area contributed by atoms with Crippen LogP contribution in [0.5, 0.6) is 0 Å². The Morgan fingerprint density at radius 1 is 1.43 bits per heavy atom. The normalized spacial score (nSPS) is 22.4. The largest absolute Gasteiger partial charge is 0.481 e. The molecule has 1 aliphatic heterocycles. The van der Waals surface area contributed by atoms with Crippen molar-refractivity contribution in [3.05, 3.63) is 0 Å². The van der Waals surface area contributed by atoms with Crippen molar-refractivity contribution in [1.29, 1.82) is 0 Å². The number of urea groups is 1. The van der Waals surface area contributed by atoms with Gasteiger partial charge in [-0.2, -0.15) is 0 Å². The number of carboxylic acid groups (broad SMARTS) is 1. The zero-order chi connectivity index (χ0) is 16.0. The molecule has 0 aliphatic carbocycles. The summed E-state index contributed by atoms with van der Waals surface area (Å²) in [4.78, 5) is 36.3. The average Bonchev–Trinajstić information content (AvgIpc) is 2.92. The third-order valence-electron chi connectivity index (χ3n) is 3.39. The summed E-state index contributed by atoms with van der Waals surface area (Å²) in [5, 5.41) is 11.7. The Hall–Kier alpha value is -1.83. The van der Waals surface area contributed by atoms with Gasteiger partial charge in [0.25, 0.3) is 0 Å². The molecule has 1 aliphatic rings. The number of nitrogens with one attached hydrogen (secondary N) is 1. The second kappa shape index (κ2) is 7.82. The fourth-order valence-corrected chi connectivity index (χ4v) is 2.25. The third kappa shape index (κ3) is 4.32. The smallest absolute Gasteiger partial charge is 0.328 e. The molecule has 21 heavy (non-hydrogen) atoms. The van der Waals surface area contributed by atoms with Crippen LogP contribution in [0.1, 0.15) is 20.3 Å². The molecule has 8 nitrogen and oxygen atoms in total. The first-order chi connectivity index (χ1) is 9.92. The van der Waals surface area contributed by atoms with Crippen molar-refractivity contribution in [2.45, 2.75) is 32.4 Å². The number of carboxylic acids is 1. The summed E-state index contributed by atoms with van der Waals surface area (Å²) in [5.41, 5.74) is 0. The van der Waals surface area contributed by atoms with Gasteiger partial charge in [0.1, 0.15) is 12.0 Å². The van der Waals surface area contributed by atoms with E-state index in [0.29, 0.717) is 13.0 Å². The van der Waals surface area contributed by atoms with Crippen LogP contribution in [0.25, 0.3) is 0 Å². The van der Waals surface area contributed by atoms with Crippen LogP contribution in [0.2, 0.25) is 0 Å². The lowest BCUT2D eigenvalue weighted by Gasteiger charge is -2.31. The molecule has 0 radical (unpaired) electrons. The van der Waals surface area contributed by atoms with E-state index >= 15 is 0 Å². The molecule has 3 atom stereocenters. The molecule has 1 saturated heterocycles. The van der Waals surface area contributed by atoms with Gasteiger partial charge in [0, 0.05) is 6.54 Å². The molecule has 0 aromatic carbocycles. The summed E-state index contributed by atoms with van der Waals surface area (Å²) in [6.07, 6.45) is 0.670. The predicted octanol–water partition coefficient (Wildman–Crippen LogP) is 0.0691. The van der Waals surface area contributed by atoms with Crippen molar-refractivity contribution in [2.24, 2.45) is 5.92 Å².